The van der Waals surface area contributed by atoms with Crippen molar-refractivity contribution in [2.24, 2.45) is 0 Å². The summed E-state index contributed by atoms with van der Waals surface area (Å²) in [6, 6.07) is 3.79. The fourth-order valence-corrected chi connectivity index (χ4v) is 3.96. The maximum absolute atomic E-state index is 12.8. The lowest BCUT2D eigenvalue weighted by atomic mass is 10.2. The molecule has 5 heteroatoms. The van der Waals surface area contributed by atoms with Gasteiger partial charge in [-0.1, -0.05) is 18.9 Å². The van der Waals surface area contributed by atoms with Gasteiger partial charge in [0.1, 0.15) is 6.04 Å². The summed E-state index contributed by atoms with van der Waals surface area (Å²) in [5.74, 6) is 0.288. The number of amides is 2. The topological polar surface area (TPSA) is 40.6 Å². The Morgan fingerprint density at radius 2 is 2.00 bits per heavy atom. The molecule has 0 aliphatic carbocycles. The van der Waals surface area contributed by atoms with E-state index >= 15 is 0 Å². The molecule has 0 bridgehead atoms. The van der Waals surface area contributed by atoms with E-state index in [0.29, 0.717) is 19.4 Å². The van der Waals surface area contributed by atoms with Crippen molar-refractivity contribution in [2.75, 3.05) is 13.1 Å². The van der Waals surface area contributed by atoms with Crippen LogP contribution in [-0.2, 0) is 16.1 Å². The van der Waals surface area contributed by atoms with Crippen LogP contribution in [-0.4, -0.2) is 40.7 Å². The van der Waals surface area contributed by atoms with Crippen molar-refractivity contribution < 1.29 is 9.59 Å². The van der Waals surface area contributed by atoms with Crippen molar-refractivity contribution in [2.45, 2.75) is 51.1 Å². The highest BCUT2D eigenvalue weighted by molar-refractivity contribution is 7.09. The monoisotopic (exact) mass is 306 g/mol. The lowest BCUT2D eigenvalue weighted by Crippen LogP contribution is -2.46. The average molecular weight is 306 g/mol. The highest BCUT2D eigenvalue weighted by atomic mass is 32.1. The molecule has 1 aromatic heterocycles. The van der Waals surface area contributed by atoms with Gasteiger partial charge in [0, 0.05) is 24.4 Å². The highest BCUT2D eigenvalue weighted by Crippen LogP contribution is 2.25. The summed E-state index contributed by atoms with van der Waals surface area (Å²) in [4.78, 5) is 29.8. The largest absolute Gasteiger partial charge is 0.341 e. The van der Waals surface area contributed by atoms with E-state index in [1.54, 1.807) is 16.2 Å². The minimum atomic E-state index is -0.238. The van der Waals surface area contributed by atoms with Gasteiger partial charge in [-0.15, -0.1) is 11.3 Å². The fourth-order valence-electron chi connectivity index (χ4n) is 3.26. The third-order valence-electron chi connectivity index (χ3n) is 4.44. The van der Waals surface area contributed by atoms with Crippen molar-refractivity contribution in [1.29, 1.82) is 0 Å². The molecule has 2 fully saturated rings. The number of carbonyl (C=O) groups excluding carboxylic acids is 2. The van der Waals surface area contributed by atoms with Crippen LogP contribution in [0.3, 0.4) is 0 Å². The van der Waals surface area contributed by atoms with Crippen LogP contribution in [0.15, 0.2) is 17.5 Å². The van der Waals surface area contributed by atoms with Gasteiger partial charge in [-0.2, -0.15) is 0 Å². The van der Waals surface area contributed by atoms with E-state index in [9.17, 15) is 9.59 Å². The van der Waals surface area contributed by atoms with E-state index in [-0.39, 0.29) is 17.9 Å². The van der Waals surface area contributed by atoms with Crippen LogP contribution in [0.2, 0.25) is 0 Å². The third kappa shape index (κ3) is 3.28. The normalized spacial score (nSPS) is 23.4. The molecule has 0 saturated carbocycles. The summed E-state index contributed by atoms with van der Waals surface area (Å²) >= 11 is 1.65. The van der Waals surface area contributed by atoms with Crippen LogP contribution in [0.1, 0.15) is 43.4 Å². The molecule has 3 rings (SSSR count). The van der Waals surface area contributed by atoms with Gasteiger partial charge in [0.15, 0.2) is 0 Å². The first-order chi connectivity index (χ1) is 10.3. The van der Waals surface area contributed by atoms with Crippen LogP contribution < -0.4 is 0 Å². The molecule has 21 heavy (non-hydrogen) atoms. The van der Waals surface area contributed by atoms with E-state index in [4.69, 9.17) is 0 Å². The average Bonchev–Trinajstić information content (AvgIpc) is 3.02. The minimum Gasteiger partial charge on any atom is -0.341 e. The molecular formula is C16H22N2O2S. The van der Waals surface area contributed by atoms with Gasteiger partial charge in [-0.3, -0.25) is 9.59 Å². The van der Waals surface area contributed by atoms with Crippen molar-refractivity contribution >= 4 is 23.2 Å². The van der Waals surface area contributed by atoms with E-state index in [2.05, 4.69) is 0 Å². The first-order valence-electron chi connectivity index (χ1n) is 7.86. The Morgan fingerprint density at radius 3 is 2.67 bits per heavy atom. The van der Waals surface area contributed by atoms with Crippen molar-refractivity contribution in [3.05, 3.63) is 22.4 Å². The first-order valence-corrected chi connectivity index (χ1v) is 8.74. The number of nitrogens with zero attached hydrogens (tertiary/aromatic N) is 2. The predicted octanol–water partition coefficient (Wildman–Crippen LogP) is 2.64. The van der Waals surface area contributed by atoms with Gasteiger partial charge in [0.05, 0.1) is 6.54 Å². The number of carbonyl (C=O) groups is 2. The van der Waals surface area contributed by atoms with Gasteiger partial charge in [0.25, 0.3) is 0 Å². The van der Waals surface area contributed by atoms with Gasteiger partial charge >= 0.3 is 0 Å². The molecule has 0 unspecified atom stereocenters. The number of likely N-dealkylation sites (tertiary alicyclic amines) is 2. The Hall–Kier alpha value is -1.36. The standard InChI is InChI=1S/C16H22N2O2S/c19-15-8-7-14(18(15)12-13-6-5-11-21-13)16(20)17-9-3-1-2-4-10-17/h5-6,11,14H,1-4,7-10,12H2/t14-/m1/s1. The molecule has 2 aliphatic rings. The summed E-state index contributed by atoms with van der Waals surface area (Å²) in [5.41, 5.74) is 0. The zero-order valence-electron chi connectivity index (χ0n) is 12.3. The predicted molar refractivity (Wildman–Crippen MR) is 82.9 cm³/mol. The van der Waals surface area contributed by atoms with Crippen molar-refractivity contribution in [1.82, 2.24) is 9.80 Å². The molecule has 0 aromatic carbocycles. The number of hydrogen-bond acceptors (Lipinski definition) is 3. The first kappa shape index (κ1) is 14.6. The second-order valence-electron chi connectivity index (χ2n) is 5.89. The summed E-state index contributed by atoms with van der Waals surface area (Å²) in [6.07, 6.45) is 5.81. The van der Waals surface area contributed by atoms with Crippen LogP contribution >= 0.6 is 11.3 Å². The van der Waals surface area contributed by atoms with Crippen LogP contribution in [0.4, 0.5) is 0 Å². The zero-order chi connectivity index (χ0) is 14.7. The zero-order valence-corrected chi connectivity index (χ0v) is 13.1. The third-order valence-corrected chi connectivity index (χ3v) is 5.30. The summed E-state index contributed by atoms with van der Waals surface area (Å²) < 4.78 is 0. The van der Waals surface area contributed by atoms with Gasteiger partial charge in [0.2, 0.25) is 11.8 Å². The second-order valence-corrected chi connectivity index (χ2v) is 6.93. The Bertz CT molecular complexity index is 492. The summed E-state index contributed by atoms with van der Waals surface area (Å²) in [7, 11) is 0. The molecule has 0 radical (unpaired) electrons. The van der Waals surface area contributed by atoms with Crippen LogP contribution in [0.25, 0.3) is 0 Å². The van der Waals surface area contributed by atoms with Crippen molar-refractivity contribution in [3.8, 4) is 0 Å². The maximum atomic E-state index is 12.8. The smallest absolute Gasteiger partial charge is 0.245 e. The maximum Gasteiger partial charge on any atom is 0.245 e. The van der Waals surface area contributed by atoms with Gasteiger partial charge < -0.3 is 9.80 Å². The quantitative estimate of drug-likeness (QED) is 0.861. The number of thiophene rings is 1. The second kappa shape index (κ2) is 6.60. The Labute approximate surface area is 129 Å². The lowest BCUT2D eigenvalue weighted by Gasteiger charge is -2.29. The molecule has 4 nitrogen and oxygen atoms in total. The molecule has 1 atom stereocenters. The van der Waals surface area contributed by atoms with Crippen LogP contribution in [0.5, 0.6) is 0 Å². The van der Waals surface area contributed by atoms with E-state index in [0.717, 1.165) is 30.8 Å². The SMILES string of the molecule is O=C([C@H]1CCC(=O)N1Cc1cccs1)N1CCCCCC1. The molecule has 0 spiro atoms. The molecule has 2 amide bonds. The Morgan fingerprint density at radius 1 is 1.24 bits per heavy atom. The van der Waals surface area contributed by atoms with Crippen molar-refractivity contribution in [3.63, 3.8) is 0 Å². The molecule has 0 N–H and O–H groups in total. The fraction of sp³-hybridized carbons (Fsp3) is 0.625. The highest BCUT2D eigenvalue weighted by Gasteiger charge is 2.38. The van der Waals surface area contributed by atoms with E-state index in [1.165, 1.54) is 12.8 Å². The van der Waals surface area contributed by atoms with Crippen LogP contribution in [0, 0.1) is 0 Å². The minimum absolute atomic E-state index is 0.122. The summed E-state index contributed by atoms with van der Waals surface area (Å²) in [5, 5.41) is 2.02. The molecule has 2 aliphatic heterocycles. The Kier molecular flexibility index (Phi) is 4.58. The van der Waals surface area contributed by atoms with Gasteiger partial charge in [-0.05, 0) is 30.7 Å². The van der Waals surface area contributed by atoms with E-state index < -0.39 is 0 Å². The molecular weight excluding hydrogens is 284 g/mol. The molecule has 1 aromatic rings. The van der Waals surface area contributed by atoms with Gasteiger partial charge in [-0.25, -0.2) is 0 Å². The Balaban J connectivity index is 1.69. The summed E-state index contributed by atoms with van der Waals surface area (Å²) in [6.45, 7) is 2.30. The number of rotatable bonds is 3. The number of hydrogen-bond donors (Lipinski definition) is 0. The van der Waals surface area contributed by atoms with E-state index in [1.807, 2.05) is 22.4 Å². The molecule has 114 valence electrons. The lowest BCUT2D eigenvalue weighted by molar-refractivity contribution is -0.141. The molecule has 3 heterocycles. The molecule has 2 saturated heterocycles.